The molecule has 28 heavy (non-hydrogen) atoms. The van der Waals surface area contributed by atoms with Crippen molar-refractivity contribution < 1.29 is 18.3 Å². The molecule has 1 aliphatic heterocycles. The van der Waals surface area contributed by atoms with E-state index in [1.807, 2.05) is 24.4 Å². The lowest BCUT2D eigenvalue weighted by atomic mass is 10.1. The third kappa shape index (κ3) is 4.05. The molecule has 1 saturated heterocycles. The third-order valence-corrected chi connectivity index (χ3v) is 4.12. The van der Waals surface area contributed by atoms with Gasteiger partial charge in [-0.15, -0.1) is 0 Å². The van der Waals surface area contributed by atoms with Crippen molar-refractivity contribution in [1.29, 1.82) is 0 Å². The number of halogens is 2. The molecule has 3 heterocycles. The highest BCUT2D eigenvalue weighted by Gasteiger charge is 2.23. The Morgan fingerprint density at radius 2 is 2.21 bits per heavy atom. The van der Waals surface area contributed by atoms with Crippen LogP contribution >= 0.6 is 0 Å². The Kier molecular flexibility index (Phi) is 4.83. The number of alkyl halides is 2. The maximum atomic E-state index is 12.8. The Bertz CT molecular complexity index is 993. The van der Waals surface area contributed by atoms with E-state index in [0.717, 1.165) is 11.1 Å². The lowest BCUT2D eigenvalue weighted by Crippen LogP contribution is -2.20. The van der Waals surface area contributed by atoms with Gasteiger partial charge in [0.15, 0.2) is 0 Å². The highest BCUT2D eigenvalue weighted by molar-refractivity contribution is 5.69. The first-order chi connectivity index (χ1) is 13.6. The van der Waals surface area contributed by atoms with Gasteiger partial charge in [0.1, 0.15) is 11.8 Å². The molecule has 2 N–H and O–H groups in total. The van der Waals surface area contributed by atoms with Crippen LogP contribution in [-0.2, 0) is 11.3 Å². The lowest BCUT2D eigenvalue weighted by Gasteiger charge is -2.08. The normalized spacial score (nSPS) is 16.1. The van der Waals surface area contributed by atoms with E-state index in [9.17, 15) is 13.6 Å². The van der Waals surface area contributed by atoms with Gasteiger partial charge in [0.05, 0.1) is 19.3 Å². The summed E-state index contributed by atoms with van der Waals surface area (Å²) in [5.41, 5.74) is 2.06. The van der Waals surface area contributed by atoms with Gasteiger partial charge in [-0.1, -0.05) is 12.1 Å². The van der Waals surface area contributed by atoms with Gasteiger partial charge in [-0.05, 0) is 23.8 Å². The fraction of sp³-hybridized carbons (Fsp3) is 0.222. The molecule has 1 fully saturated rings. The maximum Gasteiger partial charge on any atom is 0.407 e. The number of rotatable bonds is 6. The molecule has 2 aromatic heterocycles. The number of carbonyl (C=O) groups excluding carboxylic acids is 1. The van der Waals surface area contributed by atoms with E-state index >= 15 is 0 Å². The number of ether oxygens (including phenoxy) is 1. The summed E-state index contributed by atoms with van der Waals surface area (Å²) < 4.78 is 32.4. The van der Waals surface area contributed by atoms with Crippen LogP contribution < -0.4 is 10.6 Å². The zero-order valence-corrected chi connectivity index (χ0v) is 14.5. The molecule has 4 rings (SSSR count). The number of aromatic nitrogens is 4. The summed E-state index contributed by atoms with van der Waals surface area (Å²) >= 11 is 0. The first kappa shape index (κ1) is 17.8. The van der Waals surface area contributed by atoms with Crippen molar-refractivity contribution >= 4 is 17.7 Å². The molecule has 0 bridgehead atoms. The Labute approximate surface area is 158 Å². The Morgan fingerprint density at radius 3 is 3.00 bits per heavy atom. The van der Waals surface area contributed by atoms with Crippen molar-refractivity contribution in [2.75, 3.05) is 11.9 Å². The molecular formula is C18H16F2N6O2. The van der Waals surface area contributed by atoms with E-state index in [1.54, 1.807) is 16.9 Å². The molecule has 1 atom stereocenters. The second-order valence-corrected chi connectivity index (χ2v) is 6.17. The second kappa shape index (κ2) is 7.59. The average molecular weight is 386 g/mol. The zero-order valence-electron chi connectivity index (χ0n) is 14.5. The van der Waals surface area contributed by atoms with Crippen molar-refractivity contribution in [3.63, 3.8) is 0 Å². The number of alkyl carbamates (subject to hydrolysis) is 1. The number of cyclic esters (lactones) is 1. The predicted octanol–water partition coefficient (Wildman–Crippen LogP) is 3.13. The van der Waals surface area contributed by atoms with Crippen LogP contribution in [0.2, 0.25) is 0 Å². The smallest absolute Gasteiger partial charge is 0.407 e. The molecule has 0 spiro atoms. The number of carbonyl (C=O) groups is 1. The molecule has 3 aromatic rings. The molecule has 0 saturated carbocycles. The summed E-state index contributed by atoms with van der Waals surface area (Å²) in [5, 5.41) is 9.83. The van der Waals surface area contributed by atoms with Gasteiger partial charge in [0, 0.05) is 23.6 Å². The van der Waals surface area contributed by atoms with Crippen LogP contribution in [0.3, 0.4) is 0 Å². The van der Waals surface area contributed by atoms with E-state index in [2.05, 4.69) is 25.7 Å². The fourth-order valence-electron chi connectivity index (χ4n) is 2.81. The average Bonchev–Trinajstić information content (AvgIpc) is 3.31. The van der Waals surface area contributed by atoms with Crippen LogP contribution in [-0.4, -0.2) is 38.5 Å². The molecule has 0 aliphatic carbocycles. The first-order valence-corrected chi connectivity index (χ1v) is 8.52. The third-order valence-electron chi connectivity index (χ3n) is 4.12. The Hall–Kier alpha value is -3.56. The van der Waals surface area contributed by atoms with E-state index < -0.39 is 12.5 Å². The molecule has 0 radical (unpaired) electrons. The van der Waals surface area contributed by atoms with E-state index in [1.165, 1.54) is 12.3 Å². The molecule has 144 valence electrons. The highest BCUT2D eigenvalue weighted by Crippen LogP contribution is 2.24. The molecule has 1 aromatic carbocycles. The van der Waals surface area contributed by atoms with Gasteiger partial charge in [0.25, 0.3) is 6.43 Å². The Morgan fingerprint density at radius 1 is 1.32 bits per heavy atom. The van der Waals surface area contributed by atoms with Gasteiger partial charge >= 0.3 is 6.09 Å². The van der Waals surface area contributed by atoms with Gasteiger partial charge in [0.2, 0.25) is 5.95 Å². The van der Waals surface area contributed by atoms with Crippen LogP contribution in [0.15, 0.2) is 48.9 Å². The minimum absolute atomic E-state index is 0.0983. The minimum atomic E-state index is -2.66. The quantitative estimate of drug-likeness (QED) is 0.676. The highest BCUT2D eigenvalue weighted by atomic mass is 19.3. The standard InChI is InChI=1S/C18H16F2N6O2/c19-16(20)15-4-5-21-17(25-15)24-13-3-1-2-11(6-13)12-7-23-26(9-12)10-14-8-22-18(27)28-14/h1-7,9,14,16H,8,10H2,(H,22,27)(H,21,24,25)/t14-/m1/s1. The van der Waals surface area contributed by atoms with Crippen molar-refractivity contribution in [3.05, 3.63) is 54.6 Å². The van der Waals surface area contributed by atoms with Crippen LogP contribution in [0.4, 0.5) is 25.2 Å². The summed E-state index contributed by atoms with van der Waals surface area (Å²) in [6, 6.07) is 8.54. The van der Waals surface area contributed by atoms with E-state index in [0.29, 0.717) is 18.8 Å². The number of benzene rings is 1. The zero-order chi connectivity index (χ0) is 19.5. The van der Waals surface area contributed by atoms with Crippen LogP contribution in [0.25, 0.3) is 11.1 Å². The number of amides is 1. The molecular weight excluding hydrogens is 370 g/mol. The molecule has 1 amide bonds. The largest absolute Gasteiger partial charge is 0.442 e. The summed E-state index contributed by atoms with van der Waals surface area (Å²) in [7, 11) is 0. The number of hydrogen-bond acceptors (Lipinski definition) is 6. The molecule has 10 heteroatoms. The second-order valence-electron chi connectivity index (χ2n) is 6.17. The molecule has 0 unspecified atom stereocenters. The lowest BCUT2D eigenvalue weighted by molar-refractivity contribution is 0.129. The summed E-state index contributed by atoms with van der Waals surface area (Å²) in [6.07, 6.45) is 1.50. The summed E-state index contributed by atoms with van der Waals surface area (Å²) in [4.78, 5) is 18.9. The van der Waals surface area contributed by atoms with Crippen LogP contribution in [0.1, 0.15) is 12.1 Å². The molecule has 1 aliphatic rings. The monoisotopic (exact) mass is 386 g/mol. The van der Waals surface area contributed by atoms with E-state index in [-0.39, 0.29) is 17.7 Å². The topological polar surface area (TPSA) is 94.0 Å². The fourth-order valence-corrected chi connectivity index (χ4v) is 2.81. The van der Waals surface area contributed by atoms with Crippen molar-refractivity contribution in [2.45, 2.75) is 19.1 Å². The maximum absolute atomic E-state index is 12.8. The predicted molar refractivity (Wildman–Crippen MR) is 96.2 cm³/mol. The van der Waals surface area contributed by atoms with Crippen LogP contribution in [0, 0.1) is 0 Å². The Balaban J connectivity index is 1.48. The van der Waals surface area contributed by atoms with E-state index in [4.69, 9.17) is 4.74 Å². The minimum Gasteiger partial charge on any atom is -0.442 e. The van der Waals surface area contributed by atoms with Crippen molar-refractivity contribution in [1.82, 2.24) is 25.1 Å². The SMILES string of the molecule is O=C1NC[C@H](Cn2cc(-c3cccc(Nc4nccc(C(F)F)n4)c3)cn2)O1. The van der Waals surface area contributed by atoms with Gasteiger partial charge in [-0.25, -0.2) is 23.5 Å². The van der Waals surface area contributed by atoms with Crippen LogP contribution in [0.5, 0.6) is 0 Å². The summed E-state index contributed by atoms with van der Waals surface area (Å²) in [6.45, 7) is 0.899. The van der Waals surface area contributed by atoms with Gasteiger partial charge in [-0.2, -0.15) is 5.10 Å². The number of hydrogen-bond donors (Lipinski definition) is 2. The summed E-state index contributed by atoms with van der Waals surface area (Å²) in [5.74, 6) is 0.0983. The number of nitrogens with zero attached hydrogens (tertiary/aromatic N) is 4. The number of anilines is 2. The number of nitrogens with one attached hydrogen (secondary N) is 2. The van der Waals surface area contributed by atoms with Crippen molar-refractivity contribution in [3.8, 4) is 11.1 Å². The first-order valence-electron chi connectivity index (χ1n) is 8.52. The van der Waals surface area contributed by atoms with Gasteiger partial charge < -0.3 is 15.4 Å². The van der Waals surface area contributed by atoms with Gasteiger partial charge in [-0.3, -0.25) is 4.68 Å². The van der Waals surface area contributed by atoms with Crippen molar-refractivity contribution in [2.24, 2.45) is 0 Å². The molecule has 8 nitrogen and oxygen atoms in total.